The molecule has 532 valence electrons. The van der Waals surface area contributed by atoms with Gasteiger partial charge in [0.15, 0.2) is 0 Å². The number of nitrogens with one attached hydrogen (secondary N) is 6. The number of carbonyl (C=O) groups excluding carboxylic acids is 11. The van der Waals surface area contributed by atoms with Crippen molar-refractivity contribution in [2.24, 2.45) is 22.7 Å². The quantitative estimate of drug-likeness (QED) is 0.0471. The van der Waals surface area contributed by atoms with E-state index < -0.39 is 160 Å². The van der Waals surface area contributed by atoms with Crippen molar-refractivity contribution in [2.75, 3.05) is 64.0 Å². The highest BCUT2D eigenvalue weighted by Crippen LogP contribution is 2.46. The largest absolute Gasteiger partial charge is 0.444 e. The first-order chi connectivity index (χ1) is 45.6. The maximum atomic E-state index is 15.2. The molecule has 11 amide bonds. The van der Waals surface area contributed by atoms with Crippen LogP contribution in [0.4, 0.5) is 16.2 Å². The fourth-order valence-corrected chi connectivity index (χ4v) is 13.8. The minimum absolute atomic E-state index is 0.0186. The van der Waals surface area contributed by atoms with E-state index in [9.17, 15) is 48.3 Å². The second kappa shape index (κ2) is 29.4. The van der Waals surface area contributed by atoms with Crippen LogP contribution in [0.2, 0.25) is 0 Å². The number of likely N-dealkylation sites (N-methyl/N-ethyl adjacent to an activating group) is 2. The molecule has 4 heterocycles. The number of hydrogen-bond donors (Lipinski definition) is 7. The molecule has 0 radical (unpaired) electrons. The van der Waals surface area contributed by atoms with Crippen molar-refractivity contribution in [3.8, 4) is 0 Å². The molecular weight excluding hydrogens is 1260 g/mol. The Labute approximate surface area is 573 Å². The number of nitrogens with zero attached hydrogens (tertiary/aromatic N) is 6. The molecule has 11 atom stereocenters. The summed E-state index contributed by atoms with van der Waals surface area (Å²) in [6.45, 7) is 24.5. The predicted octanol–water partition coefficient (Wildman–Crippen LogP) is 5.17. The zero-order valence-electron chi connectivity index (χ0n) is 59.7. The van der Waals surface area contributed by atoms with Crippen molar-refractivity contribution in [3.63, 3.8) is 0 Å². The van der Waals surface area contributed by atoms with Crippen LogP contribution >= 0.6 is 0 Å². The van der Waals surface area contributed by atoms with Crippen LogP contribution in [0.3, 0.4) is 0 Å². The molecule has 4 aromatic carbocycles. The lowest BCUT2D eigenvalue weighted by Gasteiger charge is -2.39. The van der Waals surface area contributed by atoms with Gasteiger partial charge >= 0.3 is 17.9 Å². The second-order valence-electron chi connectivity index (χ2n) is 30.8. The third kappa shape index (κ3) is 16.9. The van der Waals surface area contributed by atoms with E-state index in [1.54, 1.807) is 120 Å². The number of amides is 11. The zero-order valence-corrected chi connectivity index (χ0v) is 59.7. The summed E-state index contributed by atoms with van der Waals surface area (Å²) in [5.41, 5.74) is -3.53. The molecule has 8 rings (SSSR count). The SMILES string of the molecule is CC(C(=O)NC(C(=O)N1CCC2(C)C1C(C(=O)Nc1cccc3ccccc13)CN2C(=O)CNC(=O)C(=O)NCC(=O)N1CC(CC(=O)Nc2cccc3ccccc23)C2C1CCN2C(=O)C(NC(=O)C(C)N(C)C(O)OC(C)(C)C)C(C)(C)C)C(C)(C)C)N(C)C(=O)OC(C)(C)C. The molecule has 0 spiro atoms. The Hall–Kier alpha value is -8.75. The average Bonchev–Trinajstić information content (AvgIpc) is 1.57. The van der Waals surface area contributed by atoms with E-state index in [0.29, 0.717) is 11.4 Å². The fourth-order valence-electron chi connectivity index (χ4n) is 13.8. The Kier molecular flexibility index (Phi) is 22.5. The van der Waals surface area contributed by atoms with Gasteiger partial charge in [-0.15, -0.1) is 0 Å². The van der Waals surface area contributed by atoms with Crippen molar-refractivity contribution < 1.29 is 67.3 Å². The van der Waals surface area contributed by atoms with Gasteiger partial charge in [-0.05, 0) is 116 Å². The molecule has 0 saturated carbocycles. The van der Waals surface area contributed by atoms with Crippen LogP contribution in [-0.4, -0.2) is 218 Å². The van der Waals surface area contributed by atoms with E-state index in [2.05, 4.69) is 31.9 Å². The lowest BCUT2D eigenvalue weighted by Crippen LogP contribution is -2.61. The van der Waals surface area contributed by atoms with Gasteiger partial charge in [-0.2, -0.15) is 0 Å². The predicted molar refractivity (Wildman–Crippen MR) is 369 cm³/mol. The van der Waals surface area contributed by atoms with Crippen molar-refractivity contribution in [2.45, 2.75) is 189 Å². The molecule has 4 aromatic rings. The number of ether oxygens (including phenoxy) is 2. The molecule has 0 aromatic heterocycles. The van der Waals surface area contributed by atoms with Crippen molar-refractivity contribution in [1.82, 2.24) is 50.7 Å². The van der Waals surface area contributed by atoms with Crippen LogP contribution in [0.25, 0.3) is 21.5 Å². The van der Waals surface area contributed by atoms with Gasteiger partial charge in [0, 0.05) is 67.7 Å². The molecule has 4 aliphatic heterocycles. The van der Waals surface area contributed by atoms with E-state index in [1.165, 1.54) is 40.6 Å². The van der Waals surface area contributed by atoms with Crippen LogP contribution in [-0.2, 0) is 57.4 Å². The topological polar surface area (TPSA) is 318 Å². The molecule has 4 aliphatic rings. The summed E-state index contributed by atoms with van der Waals surface area (Å²) in [4.78, 5) is 166. The van der Waals surface area contributed by atoms with Gasteiger partial charge in [-0.3, -0.25) is 52.8 Å². The number of anilines is 2. The van der Waals surface area contributed by atoms with Crippen LogP contribution in [0.15, 0.2) is 84.9 Å². The fraction of sp³-hybridized carbons (Fsp3) is 0.569. The van der Waals surface area contributed by atoms with Crippen LogP contribution in [0.5, 0.6) is 0 Å². The van der Waals surface area contributed by atoms with Gasteiger partial charge in [0.25, 0.3) is 0 Å². The van der Waals surface area contributed by atoms with E-state index in [0.717, 1.165) is 26.4 Å². The first kappa shape index (κ1) is 75.0. The standard InChI is InChI=1S/C72H100N12O14/c1-41(79(16)66(95)97-70(9,10)11)59(88)77-56(68(3,4)5)64(93)81-34-32-51-55(81)45(36-52(85)75-49-30-22-26-43-24-18-20-28-46(43)49)39-83(51)53(86)37-73-62(91)63(92)74-38-54(87)84-40-48(61(90)76-50-31-23-27-44-25-19-21-29-47(44)50)58-72(84,15)33-35-82(58)65(94)57(69(6,7)8)78-60(89)42(2)80(17)67(96)98-71(12,13)14/h18-31,41-42,45,48,51,55-58,66,95H,32-40H2,1-17H3,(H,73,91)(H,74,92)(H,75,85)(H,76,90)(H,77,88)(H,78,89). The number of hydrogen-bond acceptors (Lipinski definition) is 15. The zero-order chi connectivity index (χ0) is 72.5. The normalized spacial score (nSPS) is 21.7. The van der Waals surface area contributed by atoms with Gasteiger partial charge in [0.05, 0.1) is 54.3 Å². The summed E-state index contributed by atoms with van der Waals surface area (Å²) in [6, 6.07) is 19.3. The van der Waals surface area contributed by atoms with Gasteiger partial charge in [-0.1, -0.05) is 114 Å². The van der Waals surface area contributed by atoms with Crippen LogP contribution in [0, 0.1) is 22.7 Å². The molecule has 0 aliphatic carbocycles. The smallest absolute Gasteiger partial charge is 0.410 e. The Morgan fingerprint density at radius 1 is 0.612 bits per heavy atom. The molecule has 98 heavy (non-hydrogen) atoms. The minimum atomic E-state index is -1.45. The van der Waals surface area contributed by atoms with Crippen molar-refractivity contribution in [1.29, 1.82) is 0 Å². The van der Waals surface area contributed by atoms with E-state index >= 15 is 9.59 Å². The molecule has 26 nitrogen and oxygen atoms in total. The number of benzene rings is 4. The molecule has 4 fully saturated rings. The molecule has 26 heteroatoms. The average molecular weight is 1360 g/mol. The summed E-state index contributed by atoms with van der Waals surface area (Å²) in [5.74, 6) is -8.53. The lowest BCUT2D eigenvalue weighted by molar-refractivity contribution is -0.239. The summed E-state index contributed by atoms with van der Waals surface area (Å²) in [5, 5.41) is 30.8. The number of carbonyl (C=O) groups is 11. The van der Waals surface area contributed by atoms with Crippen molar-refractivity contribution in [3.05, 3.63) is 84.9 Å². The molecule has 0 bridgehead atoms. The Balaban J connectivity index is 0.972. The monoisotopic (exact) mass is 1360 g/mol. The maximum Gasteiger partial charge on any atom is 0.410 e. The molecule has 4 saturated heterocycles. The Bertz CT molecular complexity index is 3710. The van der Waals surface area contributed by atoms with Crippen LogP contribution < -0.4 is 31.9 Å². The summed E-state index contributed by atoms with van der Waals surface area (Å²) < 4.78 is 11.2. The Morgan fingerprint density at radius 3 is 1.64 bits per heavy atom. The van der Waals surface area contributed by atoms with Crippen LogP contribution in [0.1, 0.15) is 123 Å². The third-order valence-electron chi connectivity index (χ3n) is 19.3. The summed E-state index contributed by atoms with van der Waals surface area (Å²) in [6.07, 6.45) is -1.87. The number of aliphatic hydroxyl groups excluding tert-OH is 1. The molecule has 7 N–H and O–H groups in total. The highest BCUT2D eigenvalue weighted by molar-refractivity contribution is 6.35. The first-order valence-electron chi connectivity index (χ1n) is 33.6. The van der Waals surface area contributed by atoms with Gasteiger partial charge in [0.1, 0.15) is 23.7 Å². The second-order valence-corrected chi connectivity index (χ2v) is 30.8. The lowest BCUT2D eigenvalue weighted by atomic mass is 9.84. The van der Waals surface area contributed by atoms with E-state index in [4.69, 9.17) is 9.47 Å². The third-order valence-corrected chi connectivity index (χ3v) is 19.3. The van der Waals surface area contributed by atoms with E-state index in [-0.39, 0.29) is 51.3 Å². The minimum Gasteiger partial charge on any atom is -0.444 e. The van der Waals surface area contributed by atoms with Gasteiger partial charge in [0.2, 0.25) is 53.7 Å². The number of aliphatic hydroxyl groups is 1. The van der Waals surface area contributed by atoms with E-state index in [1.807, 2.05) is 66.7 Å². The summed E-state index contributed by atoms with van der Waals surface area (Å²) >= 11 is 0. The van der Waals surface area contributed by atoms with Gasteiger partial charge < -0.3 is 66.1 Å². The maximum absolute atomic E-state index is 15.2. The van der Waals surface area contributed by atoms with Crippen molar-refractivity contribution >= 4 is 98.1 Å². The Morgan fingerprint density at radius 2 is 1.11 bits per heavy atom. The number of rotatable bonds is 19. The summed E-state index contributed by atoms with van der Waals surface area (Å²) in [7, 11) is 2.94. The first-order valence-corrected chi connectivity index (χ1v) is 33.6. The highest BCUT2D eigenvalue weighted by Gasteiger charge is 2.62. The van der Waals surface area contributed by atoms with Gasteiger partial charge in [-0.25, -0.2) is 9.69 Å². The number of fused-ring (bicyclic) bond motifs is 4. The number of likely N-dealkylation sites (tertiary alicyclic amines) is 4. The highest BCUT2D eigenvalue weighted by atomic mass is 16.6. The molecular formula is C72H100N12O14. The molecule has 11 unspecified atom stereocenters.